The van der Waals surface area contributed by atoms with E-state index in [2.05, 4.69) is 10.3 Å². The van der Waals surface area contributed by atoms with Gasteiger partial charge in [0.2, 0.25) is 0 Å². The van der Waals surface area contributed by atoms with Gasteiger partial charge in [0.1, 0.15) is 11.5 Å². The monoisotopic (exact) mass is 270 g/mol. The molecule has 0 aromatic carbocycles. The molecule has 1 aromatic heterocycles. The lowest BCUT2D eigenvalue weighted by atomic mass is 10.2. The van der Waals surface area contributed by atoms with Gasteiger partial charge in [-0.05, 0) is 12.8 Å². The van der Waals surface area contributed by atoms with Gasteiger partial charge in [-0.1, -0.05) is 13.8 Å². The van der Waals surface area contributed by atoms with Gasteiger partial charge in [-0.3, -0.25) is 14.3 Å². The first-order valence-electron chi connectivity index (χ1n) is 6.41. The highest BCUT2D eigenvalue weighted by Crippen LogP contribution is 2.11. The van der Waals surface area contributed by atoms with Crippen molar-refractivity contribution in [3.05, 3.63) is 20.8 Å². The molecular weight excluding hydrogens is 248 g/mol. The summed E-state index contributed by atoms with van der Waals surface area (Å²) in [4.78, 5) is 25.7. The van der Waals surface area contributed by atoms with Crippen LogP contribution in [0.3, 0.4) is 0 Å². The van der Waals surface area contributed by atoms with Crippen molar-refractivity contribution in [1.29, 1.82) is 0 Å². The van der Waals surface area contributed by atoms with Crippen LogP contribution in [0.1, 0.15) is 20.8 Å². The second-order valence-corrected chi connectivity index (χ2v) is 4.65. The van der Waals surface area contributed by atoms with E-state index in [4.69, 9.17) is 10.5 Å². The number of nitrogens with one attached hydrogen (secondary N) is 2. The van der Waals surface area contributed by atoms with E-state index in [0.29, 0.717) is 26.3 Å². The molecule has 1 heterocycles. The molecule has 0 fully saturated rings. The summed E-state index contributed by atoms with van der Waals surface area (Å²) >= 11 is 0. The lowest BCUT2D eigenvalue weighted by molar-refractivity contribution is 0.158. The van der Waals surface area contributed by atoms with Crippen molar-refractivity contribution in [2.24, 2.45) is 5.92 Å². The summed E-state index contributed by atoms with van der Waals surface area (Å²) in [6.45, 7) is 7.84. The van der Waals surface area contributed by atoms with Crippen LogP contribution >= 0.6 is 0 Å². The summed E-state index contributed by atoms with van der Waals surface area (Å²) < 4.78 is 6.54. The SMILES string of the molecule is CCOCCNc1c(N)n(CC(C)C)c(=O)[nH]c1=O. The third-order valence-electron chi connectivity index (χ3n) is 2.54. The maximum absolute atomic E-state index is 11.7. The molecule has 7 heteroatoms. The second kappa shape index (κ2) is 6.98. The van der Waals surface area contributed by atoms with E-state index in [1.807, 2.05) is 20.8 Å². The van der Waals surface area contributed by atoms with Gasteiger partial charge in [0.15, 0.2) is 0 Å². The van der Waals surface area contributed by atoms with Crippen molar-refractivity contribution in [3.63, 3.8) is 0 Å². The number of ether oxygens (including phenoxy) is 1. The Hall–Kier alpha value is -1.76. The number of nitrogen functional groups attached to an aromatic ring is 1. The largest absolute Gasteiger partial charge is 0.383 e. The fraction of sp³-hybridized carbons (Fsp3) is 0.667. The number of rotatable bonds is 7. The number of hydrogen-bond donors (Lipinski definition) is 3. The summed E-state index contributed by atoms with van der Waals surface area (Å²) in [6.07, 6.45) is 0. The minimum Gasteiger partial charge on any atom is -0.383 e. The third kappa shape index (κ3) is 4.13. The number of aromatic amines is 1. The molecule has 0 aliphatic heterocycles. The molecule has 4 N–H and O–H groups in total. The van der Waals surface area contributed by atoms with E-state index in [0.717, 1.165) is 0 Å². The van der Waals surface area contributed by atoms with E-state index in [9.17, 15) is 9.59 Å². The minimum absolute atomic E-state index is 0.166. The second-order valence-electron chi connectivity index (χ2n) is 4.65. The Morgan fingerprint density at radius 2 is 2.11 bits per heavy atom. The fourth-order valence-electron chi connectivity index (χ4n) is 1.70. The maximum Gasteiger partial charge on any atom is 0.330 e. The Morgan fingerprint density at radius 1 is 1.42 bits per heavy atom. The van der Waals surface area contributed by atoms with Crippen LogP contribution in [0.25, 0.3) is 0 Å². The van der Waals surface area contributed by atoms with E-state index in [1.54, 1.807) is 0 Å². The van der Waals surface area contributed by atoms with Crippen LogP contribution in [0, 0.1) is 5.92 Å². The van der Waals surface area contributed by atoms with Crippen LogP contribution in [-0.4, -0.2) is 29.3 Å². The highest BCUT2D eigenvalue weighted by Gasteiger charge is 2.12. The van der Waals surface area contributed by atoms with Crippen molar-refractivity contribution < 1.29 is 4.74 Å². The van der Waals surface area contributed by atoms with Gasteiger partial charge in [-0.25, -0.2) is 4.79 Å². The summed E-state index contributed by atoms with van der Waals surface area (Å²) in [6, 6.07) is 0. The van der Waals surface area contributed by atoms with Gasteiger partial charge in [-0.15, -0.1) is 0 Å². The van der Waals surface area contributed by atoms with Crippen molar-refractivity contribution in [2.45, 2.75) is 27.3 Å². The molecule has 0 radical (unpaired) electrons. The molecule has 1 rings (SSSR count). The Morgan fingerprint density at radius 3 is 2.68 bits per heavy atom. The quantitative estimate of drug-likeness (QED) is 0.615. The molecule has 0 saturated carbocycles. The Bertz CT molecular complexity index is 519. The van der Waals surface area contributed by atoms with Crippen molar-refractivity contribution in [2.75, 3.05) is 30.8 Å². The van der Waals surface area contributed by atoms with Crippen molar-refractivity contribution >= 4 is 11.5 Å². The number of nitrogens with zero attached hydrogens (tertiary/aromatic N) is 1. The molecule has 1 aromatic rings. The smallest absolute Gasteiger partial charge is 0.330 e. The lowest BCUT2D eigenvalue weighted by Crippen LogP contribution is -2.35. The highest BCUT2D eigenvalue weighted by atomic mass is 16.5. The molecule has 0 bridgehead atoms. The zero-order valence-electron chi connectivity index (χ0n) is 11.7. The van der Waals surface area contributed by atoms with E-state index >= 15 is 0 Å². The van der Waals surface area contributed by atoms with Crippen molar-refractivity contribution in [1.82, 2.24) is 9.55 Å². The van der Waals surface area contributed by atoms with Crippen LogP contribution in [0.5, 0.6) is 0 Å². The average molecular weight is 270 g/mol. The average Bonchev–Trinajstić information content (AvgIpc) is 2.33. The molecule has 0 unspecified atom stereocenters. The van der Waals surface area contributed by atoms with Gasteiger partial charge in [0.05, 0.1) is 6.61 Å². The number of nitrogens with two attached hydrogens (primary N) is 1. The standard InChI is InChI=1S/C12H22N4O3/c1-4-19-6-5-14-9-10(13)16(7-8(2)3)12(18)15-11(9)17/h8,14H,4-7,13H2,1-3H3,(H,15,17,18). The van der Waals surface area contributed by atoms with E-state index in [1.165, 1.54) is 4.57 Å². The fourth-order valence-corrected chi connectivity index (χ4v) is 1.70. The first-order chi connectivity index (χ1) is 8.97. The van der Waals surface area contributed by atoms with Gasteiger partial charge in [0.25, 0.3) is 5.56 Å². The van der Waals surface area contributed by atoms with Crippen LogP contribution < -0.4 is 22.3 Å². The Balaban J connectivity index is 2.97. The van der Waals surface area contributed by atoms with Crippen LogP contribution in [0.2, 0.25) is 0 Å². The third-order valence-corrected chi connectivity index (χ3v) is 2.54. The summed E-state index contributed by atoms with van der Waals surface area (Å²) in [5.41, 5.74) is 5.13. The lowest BCUT2D eigenvalue weighted by Gasteiger charge is -2.15. The van der Waals surface area contributed by atoms with E-state index < -0.39 is 11.2 Å². The summed E-state index contributed by atoms with van der Waals surface area (Å²) in [5, 5.41) is 2.90. The zero-order chi connectivity index (χ0) is 14.4. The molecule has 0 saturated heterocycles. The molecule has 19 heavy (non-hydrogen) atoms. The van der Waals surface area contributed by atoms with Crippen LogP contribution in [0.4, 0.5) is 11.5 Å². The topological polar surface area (TPSA) is 102 Å². The molecule has 0 aliphatic carbocycles. The number of aromatic nitrogens is 2. The first kappa shape index (κ1) is 15.3. The van der Waals surface area contributed by atoms with Crippen molar-refractivity contribution in [3.8, 4) is 0 Å². The van der Waals surface area contributed by atoms with Crippen LogP contribution in [0.15, 0.2) is 9.59 Å². The van der Waals surface area contributed by atoms with Gasteiger partial charge in [0, 0.05) is 19.7 Å². The number of hydrogen-bond acceptors (Lipinski definition) is 5. The number of anilines is 2. The normalized spacial score (nSPS) is 10.9. The predicted octanol–water partition coefficient (Wildman–Crippen LogP) is 0.223. The summed E-state index contributed by atoms with van der Waals surface area (Å²) in [5.74, 6) is 0.418. The molecule has 7 nitrogen and oxygen atoms in total. The van der Waals surface area contributed by atoms with Gasteiger partial charge < -0.3 is 15.8 Å². The first-order valence-corrected chi connectivity index (χ1v) is 6.41. The zero-order valence-corrected chi connectivity index (χ0v) is 11.7. The molecular formula is C12H22N4O3. The molecule has 0 atom stereocenters. The minimum atomic E-state index is -0.501. The predicted molar refractivity (Wildman–Crippen MR) is 75.6 cm³/mol. The highest BCUT2D eigenvalue weighted by molar-refractivity contribution is 5.60. The van der Waals surface area contributed by atoms with Gasteiger partial charge >= 0.3 is 5.69 Å². The Kier molecular flexibility index (Phi) is 5.62. The Labute approximate surface area is 111 Å². The maximum atomic E-state index is 11.7. The summed E-state index contributed by atoms with van der Waals surface area (Å²) in [7, 11) is 0. The van der Waals surface area contributed by atoms with E-state index in [-0.39, 0.29) is 17.4 Å². The number of H-pyrrole nitrogens is 1. The van der Waals surface area contributed by atoms with Gasteiger partial charge in [-0.2, -0.15) is 0 Å². The van der Waals surface area contributed by atoms with Crippen LogP contribution in [-0.2, 0) is 11.3 Å². The molecule has 0 aliphatic rings. The molecule has 0 amide bonds. The molecule has 0 spiro atoms. The molecule has 108 valence electrons.